The number of hydrogen-bond acceptors (Lipinski definition) is 5. The number of alkyl halides is 3. The first-order valence-electron chi connectivity index (χ1n) is 6.20. The van der Waals surface area contributed by atoms with Gasteiger partial charge in [-0.25, -0.2) is 9.97 Å². The van der Waals surface area contributed by atoms with E-state index in [0.29, 0.717) is 12.4 Å². The molecule has 4 N–H and O–H groups in total. The number of nitrogen functional groups attached to an aromatic ring is 1. The number of halogens is 3. The van der Waals surface area contributed by atoms with Crippen molar-refractivity contribution < 1.29 is 13.2 Å². The zero-order valence-electron chi connectivity index (χ0n) is 11.2. The molecule has 112 valence electrons. The van der Waals surface area contributed by atoms with Crippen molar-refractivity contribution in [2.24, 2.45) is 0 Å². The Balaban J connectivity index is 2.28. The second-order valence-corrected chi connectivity index (χ2v) is 4.22. The fourth-order valence-corrected chi connectivity index (χ4v) is 1.71. The van der Waals surface area contributed by atoms with Crippen LogP contribution in [0.2, 0.25) is 0 Å². The van der Waals surface area contributed by atoms with Crippen LogP contribution >= 0.6 is 0 Å². The molecule has 1 aromatic carbocycles. The van der Waals surface area contributed by atoms with Crippen molar-refractivity contribution in [3.05, 3.63) is 36.2 Å². The molecule has 0 unspecified atom stereocenters. The molecule has 1 heterocycles. The van der Waals surface area contributed by atoms with Crippen LogP contribution in [-0.4, -0.2) is 16.5 Å². The molecule has 5 nitrogen and oxygen atoms in total. The van der Waals surface area contributed by atoms with Gasteiger partial charge in [-0.3, -0.25) is 0 Å². The van der Waals surface area contributed by atoms with E-state index in [2.05, 4.69) is 20.6 Å². The van der Waals surface area contributed by atoms with E-state index < -0.39 is 11.7 Å². The van der Waals surface area contributed by atoms with Crippen LogP contribution in [0.5, 0.6) is 0 Å². The van der Waals surface area contributed by atoms with E-state index in [1.54, 1.807) is 0 Å². The number of hydrogen-bond donors (Lipinski definition) is 3. The number of aromatic nitrogens is 2. The molecule has 21 heavy (non-hydrogen) atoms. The zero-order chi connectivity index (χ0) is 15.5. The fraction of sp³-hybridized carbons (Fsp3) is 0.231. The molecular weight excluding hydrogens is 283 g/mol. The highest BCUT2D eigenvalue weighted by Gasteiger charge is 2.30. The van der Waals surface area contributed by atoms with Crippen LogP contribution < -0.4 is 16.4 Å². The summed E-state index contributed by atoms with van der Waals surface area (Å²) >= 11 is 0. The Kier molecular flexibility index (Phi) is 4.15. The number of nitrogens with two attached hydrogens (primary N) is 1. The van der Waals surface area contributed by atoms with Crippen molar-refractivity contribution in [2.45, 2.75) is 13.1 Å². The van der Waals surface area contributed by atoms with Crippen LogP contribution in [0.3, 0.4) is 0 Å². The Hall–Kier alpha value is -2.51. The van der Waals surface area contributed by atoms with Crippen LogP contribution in [0.1, 0.15) is 12.5 Å². The maximum atomic E-state index is 12.7. The molecule has 0 aliphatic carbocycles. The number of benzene rings is 1. The molecule has 0 aliphatic rings. The lowest BCUT2D eigenvalue weighted by molar-refractivity contribution is -0.137. The highest BCUT2D eigenvalue weighted by molar-refractivity contribution is 5.77. The Morgan fingerprint density at radius 3 is 2.57 bits per heavy atom. The third-order valence-electron chi connectivity index (χ3n) is 2.68. The molecule has 0 atom stereocenters. The first kappa shape index (κ1) is 14.9. The van der Waals surface area contributed by atoms with Gasteiger partial charge in [-0.05, 0) is 25.1 Å². The van der Waals surface area contributed by atoms with Gasteiger partial charge in [0.05, 0.1) is 5.56 Å². The van der Waals surface area contributed by atoms with Gasteiger partial charge in [0.1, 0.15) is 12.0 Å². The standard InChI is InChI=1S/C13H14F3N5/c1-2-18-11-10(17)12(20-7-19-11)21-9-5-3-4-8(6-9)13(14,15)16/h3-7H,2,17H2,1H3,(H2,18,19,20,21). The van der Waals surface area contributed by atoms with Crippen molar-refractivity contribution in [1.29, 1.82) is 0 Å². The largest absolute Gasteiger partial charge is 0.416 e. The SMILES string of the molecule is CCNc1ncnc(Nc2cccc(C(F)(F)F)c2)c1N. The van der Waals surface area contributed by atoms with Gasteiger partial charge >= 0.3 is 6.18 Å². The zero-order valence-corrected chi connectivity index (χ0v) is 11.2. The first-order valence-corrected chi connectivity index (χ1v) is 6.20. The van der Waals surface area contributed by atoms with Crippen molar-refractivity contribution in [3.8, 4) is 0 Å². The van der Waals surface area contributed by atoms with Gasteiger partial charge in [0, 0.05) is 12.2 Å². The predicted octanol–water partition coefficient (Wildman–Crippen LogP) is 3.25. The first-order chi connectivity index (χ1) is 9.91. The number of nitrogens with one attached hydrogen (secondary N) is 2. The number of rotatable bonds is 4. The van der Waals surface area contributed by atoms with Gasteiger partial charge in [-0.15, -0.1) is 0 Å². The lowest BCUT2D eigenvalue weighted by Gasteiger charge is -2.13. The van der Waals surface area contributed by atoms with Crippen molar-refractivity contribution in [3.63, 3.8) is 0 Å². The molecule has 2 aromatic rings. The van der Waals surface area contributed by atoms with E-state index in [4.69, 9.17) is 5.73 Å². The van der Waals surface area contributed by atoms with E-state index >= 15 is 0 Å². The second kappa shape index (κ2) is 5.86. The predicted molar refractivity (Wildman–Crippen MR) is 75.3 cm³/mol. The third kappa shape index (κ3) is 3.53. The lowest BCUT2D eigenvalue weighted by atomic mass is 10.2. The lowest BCUT2D eigenvalue weighted by Crippen LogP contribution is -2.08. The van der Waals surface area contributed by atoms with Gasteiger partial charge in [0.15, 0.2) is 11.6 Å². The molecule has 1 aromatic heterocycles. The number of anilines is 4. The second-order valence-electron chi connectivity index (χ2n) is 4.22. The van der Waals surface area contributed by atoms with Crippen LogP contribution in [0.4, 0.5) is 36.2 Å². The summed E-state index contributed by atoms with van der Waals surface area (Å²) in [5.41, 5.74) is 5.62. The molecule has 0 radical (unpaired) electrons. The smallest absolute Gasteiger partial charge is 0.393 e. The summed E-state index contributed by atoms with van der Waals surface area (Å²) in [7, 11) is 0. The van der Waals surface area contributed by atoms with Crippen LogP contribution in [0.15, 0.2) is 30.6 Å². The monoisotopic (exact) mass is 297 g/mol. The normalized spacial score (nSPS) is 11.2. The molecule has 0 fully saturated rings. The molecule has 0 saturated carbocycles. The highest BCUT2D eigenvalue weighted by Crippen LogP contribution is 2.32. The van der Waals surface area contributed by atoms with Crippen LogP contribution in [0.25, 0.3) is 0 Å². The van der Waals surface area contributed by atoms with Gasteiger partial charge < -0.3 is 16.4 Å². The molecule has 0 bridgehead atoms. The van der Waals surface area contributed by atoms with Gasteiger partial charge in [-0.1, -0.05) is 6.07 Å². The average Bonchev–Trinajstić information content (AvgIpc) is 2.43. The minimum atomic E-state index is -4.40. The summed E-state index contributed by atoms with van der Waals surface area (Å²) in [4.78, 5) is 7.90. The topological polar surface area (TPSA) is 75.9 Å². The quantitative estimate of drug-likeness (QED) is 0.807. The molecular formula is C13H14F3N5. The van der Waals surface area contributed by atoms with Gasteiger partial charge in [0.2, 0.25) is 0 Å². The molecule has 0 saturated heterocycles. The van der Waals surface area contributed by atoms with E-state index in [1.165, 1.54) is 18.5 Å². The molecule has 0 spiro atoms. The maximum Gasteiger partial charge on any atom is 0.416 e. The van der Waals surface area contributed by atoms with Crippen molar-refractivity contribution in [1.82, 2.24) is 9.97 Å². The van der Waals surface area contributed by atoms with Crippen molar-refractivity contribution in [2.75, 3.05) is 22.9 Å². The summed E-state index contributed by atoms with van der Waals surface area (Å²) in [5, 5.41) is 5.71. The average molecular weight is 297 g/mol. The summed E-state index contributed by atoms with van der Waals surface area (Å²) in [5.74, 6) is 0.683. The molecule has 8 heteroatoms. The van der Waals surface area contributed by atoms with E-state index in [-0.39, 0.29) is 17.2 Å². The number of nitrogens with zero attached hydrogens (tertiary/aromatic N) is 2. The van der Waals surface area contributed by atoms with E-state index in [0.717, 1.165) is 12.1 Å². The Morgan fingerprint density at radius 2 is 1.90 bits per heavy atom. The Bertz CT molecular complexity index is 627. The minimum absolute atomic E-state index is 0.247. The van der Waals surface area contributed by atoms with Crippen LogP contribution in [-0.2, 0) is 6.18 Å². The minimum Gasteiger partial charge on any atom is -0.393 e. The fourth-order valence-electron chi connectivity index (χ4n) is 1.71. The van der Waals surface area contributed by atoms with Gasteiger partial charge in [0.25, 0.3) is 0 Å². The van der Waals surface area contributed by atoms with E-state index in [1.807, 2.05) is 6.92 Å². The summed E-state index contributed by atoms with van der Waals surface area (Å²) < 4.78 is 38.0. The van der Waals surface area contributed by atoms with E-state index in [9.17, 15) is 13.2 Å². The molecule has 2 rings (SSSR count). The van der Waals surface area contributed by atoms with Crippen molar-refractivity contribution >= 4 is 23.0 Å². The van der Waals surface area contributed by atoms with Gasteiger partial charge in [-0.2, -0.15) is 13.2 Å². The van der Waals surface area contributed by atoms with Crippen LogP contribution in [0, 0.1) is 0 Å². The molecule has 0 aliphatic heterocycles. The summed E-state index contributed by atoms with van der Waals surface area (Å²) in [6, 6.07) is 4.81. The third-order valence-corrected chi connectivity index (χ3v) is 2.68. The Labute approximate surface area is 119 Å². The molecule has 0 amide bonds. The highest BCUT2D eigenvalue weighted by atomic mass is 19.4. The maximum absolute atomic E-state index is 12.7. The Morgan fingerprint density at radius 1 is 1.19 bits per heavy atom. The summed E-state index contributed by atoms with van der Waals surface area (Å²) in [6.07, 6.45) is -3.12. The summed E-state index contributed by atoms with van der Waals surface area (Å²) in [6.45, 7) is 2.49.